The third-order valence-corrected chi connectivity index (χ3v) is 11.5. The summed E-state index contributed by atoms with van der Waals surface area (Å²) in [6.07, 6.45) is 9.88. The van der Waals surface area contributed by atoms with Crippen molar-refractivity contribution in [3.05, 3.63) is 108 Å². The van der Waals surface area contributed by atoms with Crippen molar-refractivity contribution in [1.29, 1.82) is 0 Å². The van der Waals surface area contributed by atoms with Crippen LogP contribution >= 0.6 is 0 Å². The van der Waals surface area contributed by atoms with E-state index in [0.29, 0.717) is 18.4 Å². The number of aliphatic hydroxyl groups is 1. The van der Waals surface area contributed by atoms with Crippen molar-refractivity contribution in [2.75, 3.05) is 0 Å². The van der Waals surface area contributed by atoms with Gasteiger partial charge in [0.25, 0.3) is 0 Å². The number of carboxylic acids is 1. The van der Waals surface area contributed by atoms with E-state index in [9.17, 15) is 48.6 Å². The first-order valence-electron chi connectivity index (χ1n) is 23.7. The molecule has 17 nitrogen and oxygen atoms in total. The molecule has 0 spiro atoms. The molecule has 0 saturated carbocycles. The monoisotopic (exact) mass is 942 g/mol. The maximum atomic E-state index is 13.6. The van der Waals surface area contributed by atoms with E-state index < -0.39 is 90.1 Å². The molecule has 6 atom stereocenters. The molecule has 0 aliphatic carbocycles. The van der Waals surface area contributed by atoms with Gasteiger partial charge in [-0.05, 0) is 36.5 Å². The first kappa shape index (κ1) is 55.7. The summed E-state index contributed by atoms with van der Waals surface area (Å²) in [7, 11) is 0. The molecule has 0 bridgehead atoms. The Morgan fingerprint density at radius 3 is 1.21 bits per heavy atom. The summed E-state index contributed by atoms with van der Waals surface area (Å²) in [6, 6.07) is 20.8. The second-order valence-electron chi connectivity index (χ2n) is 17.3. The van der Waals surface area contributed by atoms with Crippen LogP contribution in [0.15, 0.2) is 91.0 Å². The highest BCUT2D eigenvalue weighted by Crippen LogP contribution is 2.14. The van der Waals surface area contributed by atoms with Gasteiger partial charge >= 0.3 is 5.97 Å². The molecule has 0 heterocycles. The van der Waals surface area contributed by atoms with Gasteiger partial charge < -0.3 is 48.3 Å². The molecule has 3 aromatic carbocycles. The smallest absolute Gasteiger partial charge is 0.326 e. The van der Waals surface area contributed by atoms with Gasteiger partial charge in [-0.3, -0.25) is 33.6 Å². The average Bonchev–Trinajstić information content (AvgIpc) is 3.30. The van der Waals surface area contributed by atoms with E-state index in [-0.39, 0.29) is 32.1 Å². The number of carbonyl (C=O) groups excluding carboxylic acids is 7. The van der Waals surface area contributed by atoms with Gasteiger partial charge in [-0.2, -0.15) is 0 Å². The van der Waals surface area contributed by atoms with Crippen molar-refractivity contribution < 1.29 is 48.6 Å². The Bertz CT molecular complexity index is 2040. The summed E-state index contributed by atoms with van der Waals surface area (Å²) in [4.78, 5) is 101. The Hall–Kier alpha value is -6.62. The van der Waals surface area contributed by atoms with E-state index in [2.05, 4.69) is 26.6 Å². The lowest BCUT2D eigenvalue weighted by Crippen LogP contribution is -2.59. The van der Waals surface area contributed by atoms with Crippen LogP contribution in [0.3, 0.4) is 0 Å². The number of nitrogens with two attached hydrogens (primary N) is 2. The Kier molecular flexibility index (Phi) is 25.7. The van der Waals surface area contributed by atoms with Crippen molar-refractivity contribution in [2.24, 2.45) is 11.5 Å². The minimum absolute atomic E-state index is 0.0324. The molecule has 0 saturated heterocycles. The van der Waals surface area contributed by atoms with E-state index in [0.717, 1.165) is 75.3 Å². The van der Waals surface area contributed by atoms with Crippen LogP contribution in [0.2, 0.25) is 0 Å². The number of aliphatic carboxylic acids is 1. The van der Waals surface area contributed by atoms with Crippen LogP contribution < -0.4 is 38.1 Å². The zero-order valence-electron chi connectivity index (χ0n) is 39.2. The lowest BCUT2D eigenvalue weighted by atomic mass is 10.0. The van der Waals surface area contributed by atoms with Crippen LogP contribution in [-0.2, 0) is 57.6 Å². The van der Waals surface area contributed by atoms with E-state index in [1.807, 2.05) is 36.4 Å². The number of carboxylic acid groups (broad SMARTS) is 1. The number of aliphatic hydroxyl groups excluding tert-OH is 1. The summed E-state index contributed by atoms with van der Waals surface area (Å²) in [5.74, 6) is -5.76. The lowest BCUT2D eigenvalue weighted by Gasteiger charge is -2.26. The van der Waals surface area contributed by atoms with Crippen molar-refractivity contribution in [3.8, 4) is 0 Å². The zero-order chi connectivity index (χ0) is 49.7. The van der Waals surface area contributed by atoms with Gasteiger partial charge in [0.15, 0.2) is 0 Å². The summed E-state index contributed by atoms with van der Waals surface area (Å²) >= 11 is 0. The number of hydrogen-bond acceptors (Lipinski definition) is 9. The standard InChI is InChI=1S/C51H71N7O10/c1-35(59)46(50(66)56-40(32-37-25-17-13-18-26-37)48(64)55-39(47(53)63)31-36-23-15-12-16-24-36)58-45(62)30-22-11-9-7-5-3-2-4-6-8-10-21-29-44(61)54-41(34-43(52)60)49(65)57-42(51(67)68)33-38-27-19-14-20-28-38/h12-20,23-28,35,39-42,46,59H,2-11,21-22,29-34H2,1H3,(H2,52,60)(H2,53,63)(H,54,61)(H,55,64)(H,56,66)(H,57,65)(H,58,62)(H,67,68)/t35-,39+,40+,41+,42+,46+/m1/s1. The second kappa shape index (κ2) is 31.4. The molecule has 0 unspecified atom stereocenters. The highest BCUT2D eigenvalue weighted by molar-refractivity contribution is 5.95. The third-order valence-electron chi connectivity index (χ3n) is 11.5. The molecule has 17 heteroatoms. The molecule has 3 aromatic rings. The van der Waals surface area contributed by atoms with Crippen LogP contribution in [-0.4, -0.2) is 93.8 Å². The Labute approximate surface area is 399 Å². The minimum atomic E-state index is -1.32. The van der Waals surface area contributed by atoms with Gasteiger partial charge in [-0.25, -0.2) is 4.79 Å². The molecule has 370 valence electrons. The molecular formula is C51H71N7O10. The van der Waals surface area contributed by atoms with Crippen molar-refractivity contribution in [3.63, 3.8) is 0 Å². The predicted molar refractivity (Wildman–Crippen MR) is 257 cm³/mol. The molecule has 0 fully saturated rings. The number of benzene rings is 3. The van der Waals surface area contributed by atoms with E-state index in [1.54, 1.807) is 54.6 Å². The largest absolute Gasteiger partial charge is 0.480 e. The third kappa shape index (κ3) is 22.7. The van der Waals surface area contributed by atoms with Crippen LogP contribution in [0, 0.1) is 0 Å². The highest BCUT2D eigenvalue weighted by Gasteiger charge is 2.32. The Morgan fingerprint density at radius 1 is 0.456 bits per heavy atom. The molecule has 3 rings (SSSR count). The van der Waals surface area contributed by atoms with Crippen molar-refractivity contribution >= 4 is 47.3 Å². The molecular weight excluding hydrogens is 871 g/mol. The van der Waals surface area contributed by atoms with Gasteiger partial charge in [0.05, 0.1) is 12.5 Å². The number of rotatable bonds is 34. The maximum absolute atomic E-state index is 13.6. The second-order valence-corrected chi connectivity index (χ2v) is 17.3. The van der Waals surface area contributed by atoms with E-state index >= 15 is 0 Å². The SMILES string of the molecule is C[C@@H](O)[C@H](NC(=O)CCCCCCCCCCCCCCC(=O)N[C@@H](CC(N)=O)C(=O)N[C@@H](Cc1ccccc1)C(=O)O)C(=O)N[C@@H](Cc1ccccc1)C(=O)N[C@@H](Cc1ccccc1)C(N)=O. The number of amides is 7. The lowest BCUT2D eigenvalue weighted by molar-refractivity contribution is -0.142. The van der Waals surface area contributed by atoms with Crippen LogP contribution in [0.4, 0.5) is 0 Å². The average molecular weight is 942 g/mol. The minimum Gasteiger partial charge on any atom is -0.480 e. The number of nitrogens with one attached hydrogen (secondary N) is 5. The molecule has 7 amide bonds. The number of unbranched alkanes of at least 4 members (excludes halogenated alkanes) is 11. The van der Waals surface area contributed by atoms with Gasteiger partial charge in [0.1, 0.15) is 30.2 Å². The molecule has 0 aliphatic rings. The molecule has 68 heavy (non-hydrogen) atoms. The number of hydrogen-bond donors (Lipinski definition) is 9. The fourth-order valence-electron chi connectivity index (χ4n) is 7.65. The molecule has 0 aromatic heterocycles. The number of primary amides is 2. The summed E-state index contributed by atoms with van der Waals surface area (Å²) < 4.78 is 0. The van der Waals surface area contributed by atoms with E-state index in [4.69, 9.17) is 11.5 Å². The maximum Gasteiger partial charge on any atom is 0.326 e. The molecule has 11 N–H and O–H groups in total. The fraction of sp³-hybridized carbons (Fsp3) is 0.490. The fourth-order valence-corrected chi connectivity index (χ4v) is 7.65. The van der Waals surface area contributed by atoms with Gasteiger partial charge in [0.2, 0.25) is 41.4 Å². The van der Waals surface area contributed by atoms with Gasteiger partial charge in [-0.1, -0.05) is 155 Å². The Morgan fingerprint density at radius 2 is 0.809 bits per heavy atom. The predicted octanol–water partition coefficient (Wildman–Crippen LogP) is 3.43. The summed E-state index contributed by atoms with van der Waals surface area (Å²) in [6.45, 7) is 1.38. The molecule has 0 aliphatic heterocycles. The molecule has 0 radical (unpaired) electrons. The first-order chi connectivity index (χ1) is 32.6. The highest BCUT2D eigenvalue weighted by atomic mass is 16.4. The van der Waals surface area contributed by atoms with E-state index in [1.165, 1.54) is 6.92 Å². The van der Waals surface area contributed by atoms with Crippen molar-refractivity contribution in [1.82, 2.24) is 26.6 Å². The van der Waals surface area contributed by atoms with Crippen LogP contribution in [0.25, 0.3) is 0 Å². The van der Waals surface area contributed by atoms with Gasteiger partial charge in [0, 0.05) is 32.1 Å². The summed E-state index contributed by atoms with van der Waals surface area (Å²) in [5.41, 5.74) is 13.2. The topological polar surface area (TPSA) is 289 Å². The van der Waals surface area contributed by atoms with Crippen molar-refractivity contribution in [2.45, 2.75) is 159 Å². The summed E-state index contributed by atoms with van der Waals surface area (Å²) in [5, 5.41) is 33.1. The zero-order valence-corrected chi connectivity index (χ0v) is 39.2. The Balaban J connectivity index is 1.29. The van der Waals surface area contributed by atoms with Crippen LogP contribution in [0.5, 0.6) is 0 Å². The number of carbonyl (C=O) groups is 8. The first-order valence-corrected chi connectivity index (χ1v) is 23.7. The quantitative estimate of drug-likeness (QED) is 0.0393. The van der Waals surface area contributed by atoms with Crippen LogP contribution in [0.1, 0.15) is 120 Å². The normalized spacial score (nSPS) is 13.6. The van der Waals surface area contributed by atoms with Gasteiger partial charge in [-0.15, -0.1) is 0 Å².